The molecule has 0 unspecified atom stereocenters. The predicted octanol–water partition coefficient (Wildman–Crippen LogP) is 1.75. The van der Waals surface area contributed by atoms with Crippen LogP contribution in [0.4, 0.5) is 5.13 Å². The molecule has 3 rings (SSSR count). The molecule has 0 saturated heterocycles. The molecule has 2 aromatic heterocycles. The number of imidazole rings is 1. The highest BCUT2D eigenvalue weighted by molar-refractivity contribution is 7.09. The molecular weight excluding hydrogens is 210 g/mol. The van der Waals surface area contributed by atoms with Crippen molar-refractivity contribution in [2.24, 2.45) is 0 Å². The molecule has 0 aromatic carbocycles. The monoisotopic (exact) mass is 221 g/mol. The van der Waals surface area contributed by atoms with E-state index in [1.54, 1.807) is 12.5 Å². The molecule has 1 fully saturated rings. The molecule has 0 atom stereocenters. The van der Waals surface area contributed by atoms with Gasteiger partial charge in [-0.2, -0.15) is 4.37 Å². The first kappa shape index (κ1) is 8.84. The van der Waals surface area contributed by atoms with Crippen LogP contribution in [-0.2, 0) is 6.54 Å². The highest BCUT2D eigenvalue weighted by Gasteiger charge is 2.27. The first-order valence-electron chi connectivity index (χ1n) is 4.96. The molecule has 78 valence electrons. The lowest BCUT2D eigenvalue weighted by Gasteiger charge is -1.97. The number of H-pyrrole nitrogens is 1. The summed E-state index contributed by atoms with van der Waals surface area (Å²) in [4.78, 5) is 11.4. The fourth-order valence-electron chi connectivity index (χ4n) is 1.37. The van der Waals surface area contributed by atoms with Crippen LogP contribution < -0.4 is 5.32 Å². The van der Waals surface area contributed by atoms with E-state index < -0.39 is 0 Å². The Kier molecular flexibility index (Phi) is 2.13. The topological polar surface area (TPSA) is 66.5 Å². The molecule has 2 aromatic rings. The van der Waals surface area contributed by atoms with Gasteiger partial charge in [0.1, 0.15) is 5.82 Å². The molecule has 0 aliphatic heterocycles. The van der Waals surface area contributed by atoms with Gasteiger partial charge in [-0.3, -0.25) is 0 Å². The lowest BCUT2D eigenvalue weighted by atomic mass is 10.4. The Hall–Kier alpha value is -1.43. The van der Waals surface area contributed by atoms with Crippen molar-refractivity contribution in [3.63, 3.8) is 0 Å². The number of nitrogens with one attached hydrogen (secondary N) is 2. The van der Waals surface area contributed by atoms with Crippen LogP contribution in [0.3, 0.4) is 0 Å². The Morgan fingerprint density at radius 1 is 1.53 bits per heavy atom. The molecule has 1 saturated carbocycles. The first-order valence-corrected chi connectivity index (χ1v) is 5.74. The van der Waals surface area contributed by atoms with E-state index in [1.807, 2.05) is 0 Å². The first-order chi connectivity index (χ1) is 7.42. The minimum Gasteiger partial charge on any atom is -0.355 e. The average Bonchev–Trinajstić information content (AvgIpc) is 2.82. The number of anilines is 1. The van der Waals surface area contributed by atoms with Crippen LogP contribution in [0, 0.1) is 0 Å². The number of aromatic nitrogens is 4. The van der Waals surface area contributed by atoms with E-state index in [0.717, 1.165) is 23.2 Å². The quantitative estimate of drug-likeness (QED) is 0.825. The van der Waals surface area contributed by atoms with Gasteiger partial charge >= 0.3 is 0 Å². The molecule has 0 bridgehead atoms. The molecular formula is C9H11N5S. The summed E-state index contributed by atoms with van der Waals surface area (Å²) in [7, 11) is 0. The Bertz CT molecular complexity index is 431. The SMILES string of the molecule is c1ncc(CNc2nc(C3CC3)ns2)[nH]1. The van der Waals surface area contributed by atoms with Gasteiger partial charge in [-0.25, -0.2) is 9.97 Å². The number of hydrogen-bond acceptors (Lipinski definition) is 5. The van der Waals surface area contributed by atoms with Gasteiger partial charge in [0.2, 0.25) is 5.13 Å². The minimum atomic E-state index is 0.629. The molecule has 0 spiro atoms. The van der Waals surface area contributed by atoms with Crippen molar-refractivity contribution in [1.29, 1.82) is 0 Å². The largest absolute Gasteiger partial charge is 0.355 e. The summed E-state index contributed by atoms with van der Waals surface area (Å²) in [5.41, 5.74) is 1.05. The van der Waals surface area contributed by atoms with Crippen molar-refractivity contribution in [2.45, 2.75) is 25.3 Å². The molecule has 5 nitrogen and oxygen atoms in total. The molecule has 0 radical (unpaired) electrons. The summed E-state index contributed by atoms with van der Waals surface area (Å²) in [6.45, 7) is 0.722. The van der Waals surface area contributed by atoms with Gasteiger partial charge in [0.05, 0.1) is 18.6 Å². The van der Waals surface area contributed by atoms with Crippen LogP contribution >= 0.6 is 11.5 Å². The fraction of sp³-hybridized carbons (Fsp3) is 0.444. The van der Waals surface area contributed by atoms with Crippen LogP contribution in [0.25, 0.3) is 0 Å². The summed E-state index contributed by atoms with van der Waals surface area (Å²) in [6, 6.07) is 0. The van der Waals surface area contributed by atoms with Gasteiger partial charge in [0.25, 0.3) is 0 Å². The zero-order chi connectivity index (χ0) is 10.1. The predicted molar refractivity (Wildman–Crippen MR) is 57.8 cm³/mol. The van der Waals surface area contributed by atoms with E-state index in [9.17, 15) is 0 Å². The Morgan fingerprint density at radius 2 is 2.47 bits per heavy atom. The third-order valence-corrected chi connectivity index (χ3v) is 3.06. The molecule has 1 aliphatic rings. The molecule has 0 amide bonds. The van der Waals surface area contributed by atoms with Gasteiger partial charge in [-0.1, -0.05) is 0 Å². The second-order valence-electron chi connectivity index (χ2n) is 3.66. The maximum atomic E-state index is 4.43. The number of hydrogen-bond donors (Lipinski definition) is 2. The molecule has 15 heavy (non-hydrogen) atoms. The van der Waals surface area contributed by atoms with Crippen molar-refractivity contribution in [3.8, 4) is 0 Å². The zero-order valence-corrected chi connectivity index (χ0v) is 8.92. The Balaban J connectivity index is 1.61. The number of nitrogens with zero attached hydrogens (tertiary/aromatic N) is 3. The normalized spacial score (nSPS) is 15.5. The van der Waals surface area contributed by atoms with Crippen molar-refractivity contribution in [3.05, 3.63) is 24.0 Å². The van der Waals surface area contributed by atoms with Gasteiger partial charge in [-0.05, 0) is 12.8 Å². The molecule has 2 heterocycles. The summed E-state index contributed by atoms with van der Waals surface area (Å²) >= 11 is 1.43. The van der Waals surface area contributed by atoms with E-state index in [-0.39, 0.29) is 0 Å². The molecule has 2 N–H and O–H groups in total. The fourth-order valence-corrected chi connectivity index (χ4v) is 2.01. The average molecular weight is 221 g/mol. The van der Waals surface area contributed by atoms with Crippen molar-refractivity contribution < 1.29 is 0 Å². The lowest BCUT2D eigenvalue weighted by Crippen LogP contribution is -1.99. The second kappa shape index (κ2) is 3.62. The van der Waals surface area contributed by atoms with Gasteiger partial charge in [0.15, 0.2) is 0 Å². The lowest BCUT2D eigenvalue weighted by molar-refractivity contribution is 0.976. The summed E-state index contributed by atoms with van der Waals surface area (Å²) in [5.74, 6) is 1.64. The third kappa shape index (κ3) is 1.99. The third-order valence-electron chi connectivity index (χ3n) is 2.37. The molecule has 1 aliphatic carbocycles. The Labute approximate surface area is 91.1 Å². The standard InChI is InChI=1S/C9H11N5S/c1-2-6(1)8-13-9(15-14-8)11-4-7-3-10-5-12-7/h3,5-6H,1-2,4H2,(H,10,12)(H,11,13,14). The Morgan fingerprint density at radius 3 is 3.20 bits per heavy atom. The number of rotatable bonds is 4. The van der Waals surface area contributed by atoms with E-state index >= 15 is 0 Å². The van der Waals surface area contributed by atoms with Crippen molar-refractivity contribution in [2.75, 3.05) is 5.32 Å². The van der Waals surface area contributed by atoms with Crippen LogP contribution in [-0.4, -0.2) is 19.3 Å². The van der Waals surface area contributed by atoms with E-state index in [2.05, 4.69) is 24.6 Å². The van der Waals surface area contributed by atoms with Crippen LogP contribution in [0.2, 0.25) is 0 Å². The van der Waals surface area contributed by atoms with Crippen molar-refractivity contribution in [1.82, 2.24) is 19.3 Å². The van der Waals surface area contributed by atoms with E-state index in [0.29, 0.717) is 5.92 Å². The van der Waals surface area contributed by atoms with Crippen molar-refractivity contribution >= 4 is 16.7 Å². The maximum Gasteiger partial charge on any atom is 0.202 e. The zero-order valence-electron chi connectivity index (χ0n) is 8.10. The minimum absolute atomic E-state index is 0.629. The second-order valence-corrected chi connectivity index (χ2v) is 4.41. The summed E-state index contributed by atoms with van der Waals surface area (Å²) < 4.78 is 4.32. The number of aromatic amines is 1. The van der Waals surface area contributed by atoms with Crippen LogP contribution in [0.5, 0.6) is 0 Å². The summed E-state index contributed by atoms with van der Waals surface area (Å²) in [5, 5.41) is 4.12. The highest BCUT2D eigenvalue weighted by atomic mass is 32.1. The van der Waals surface area contributed by atoms with Crippen LogP contribution in [0.15, 0.2) is 12.5 Å². The maximum absolute atomic E-state index is 4.43. The summed E-state index contributed by atoms with van der Waals surface area (Å²) in [6.07, 6.45) is 5.97. The molecule has 6 heteroatoms. The highest BCUT2D eigenvalue weighted by Crippen LogP contribution is 2.39. The van der Waals surface area contributed by atoms with E-state index in [4.69, 9.17) is 0 Å². The van der Waals surface area contributed by atoms with Gasteiger partial charge < -0.3 is 10.3 Å². The van der Waals surface area contributed by atoms with E-state index in [1.165, 1.54) is 24.4 Å². The van der Waals surface area contributed by atoms with Crippen LogP contribution in [0.1, 0.15) is 30.3 Å². The smallest absolute Gasteiger partial charge is 0.202 e. The van der Waals surface area contributed by atoms with Gasteiger partial charge in [0, 0.05) is 23.6 Å². The van der Waals surface area contributed by atoms with Gasteiger partial charge in [-0.15, -0.1) is 0 Å².